The molecule has 2 atom stereocenters. The first-order valence-corrected chi connectivity index (χ1v) is 10.6. The molecule has 0 radical (unpaired) electrons. The van der Waals surface area contributed by atoms with Gasteiger partial charge in [-0.05, 0) is 54.3 Å². The lowest BCUT2D eigenvalue weighted by Gasteiger charge is -2.19. The van der Waals surface area contributed by atoms with E-state index in [0.29, 0.717) is 4.83 Å². The number of halogens is 1. The molecule has 0 aromatic carbocycles. The molecule has 21 heavy (non-hydrogen) atoms. The van der Waals surface area contributed by atoms with Gasteiger partial charge in [-0.15, -0.1) is 22.7 Å². The van der Waals surface area contributed by atoms with Crippen LogP contribution in [0.1, 0.15) is 50.5 Å². The van der Waals surface area contributed by atoms with Crippen LogP contribution < -0.4 is 0 Å². The Kier molecular flexibility index (Phi) is 6.97. The van der Waals surface area contributed by atoms with Gasteiger partial charge in [-0.1, -0.05) is 49.5 Å². The van der Waals surface area contributed by atoms with Crippen LogP contribution in [0.3, 0.4) is 0 Å². The van der Waals surface area contributed by atoms with Crippen LogP contribution in [0, 0.1) is 5.92 Å². The fourth-order valence-corrected chi connectivity index (χ4v) is 6.04. The van der Waals surface area contributed by atoms with Crippen LogP contribution in [0.15, 0.2) is 23.6 Å². The van der Waals surface area contributed by atoms with Gasteiger partial charge in [-0.25, -0.2) is 0 Å². The van der Waals surface area contributed by atoms with E-state index in [-0.39, 0.29) is 0 Å². The standard InChI is InChI=1S/C18H25BrS2/c1-4-7-14(6-3)16(19)11-15-8-9-17(21-15)18-10-13(5-2)12-20-18/h8-10,12,14,16H,4-7,11H2,1-3H3. The topological polar surface area (TPSA) is 0 Å². The average Bonchev–Trinajstić information content (AvgIpc) is 3.12. The number of hydrogen-bond acceptors (Lipinski definition) is 2. The van der Waals surface area contributed by atoms with Crippen molar-refractivity contribution in [1.82, 2.24) is 0 Å². The molecule has 0 amide bonds. The molecule has 0 bridgehead atoms. The molecule has 0 aliphatic carbocycles. The molecule has 0 aliphatic rings. The minimum absolute atomic E-state index is 0.614. The van der Waals surface area contributed by atoms with Gasteiger partial charge in [0, 0.05) is 19.5 Å². The predicted octanol–water partition coefficient (Wildman–Crippen LogP) is 7.17. The van der Waals surface area contributed by atoms with Crippen molar-refractivity contribution in [2.24, 2.45) is 5.92 Å². The van der Waals surface area contributed by atoms with E-state index in [4.69, 9.17) is 0 Å². The minimum Gasteiger partial charge on any atom is -0.143 e. The normalized spacial score (nSPS) is 14.3. The molecule has 3 heteroatoms. The average molecular weight is 385 g/mol. The van der Waals surface area contributed by atoms with E-state index in [2.05, 4.69) is 60.3 Å². The molecule has 0 spiro atoms. The molecule has 2 heterocycles. The smallest absolute Gasteiger partial charge is 0.0445 e. The second kappa shape index (κ2) is 8.50. The molecular weight excluding hydrogens is 360 g/mol. The number of hydrogen-bond donors (Lipinski definition) is 0. The van der Waals surface area contributed by atoms with E-state index in [0.717, 1.165) is 18.8 Å². The van der Waals surface area contributed by atoms with E-state index in [1.807, 2.05) is 22.7 Å². The summed E-state index contributed by atoms with van der Waals surface area (Å²) in [7, 11) is 0. The van der Waals surface area contributed by atoms with Gasteiger partial charge in [-0.3, -0.25) is 0 Å². The van der Waals surface area contributed by atoms with E-state index in [1.54, 1.807) is 0 Å². The zero-order valence-electron chi connectivity index (χ0n) is 13.2. The van der Waals surface area contributed by atoms with Gasteiger partial charge in [0.2, 0.25) is 0 Å². The number of rotatable bonds is 8. The van der Waals surface area contributed by atoms with E-state index < -0.39 is 0 Å². The Bertz CT molecular complexity index is 541. The predicted molar refractivity (Wildman–Crippen MR) is 102 cm³/mol. The van der Waals surface area contributed by atoms with Gasteiger partial charge in [0.1, 0.15) is 0 Å². The summed E-state index contributed by atoms with van der Waals surface area (Å²) in [5.74, 6) is 0.800. The van der Waals surface area contributed by atoms with Crippen molar-refractivity contribution in [3.63, 3.8) is 0 Å². The highest BCUT2D eigenvalue weighted by molar-refractivity contribution is 9.09. The number of aryl methyl sites for hydroxylation is 1. The second-order valence-corrected chi connectivity index (χ2v) is 8.87. The van der Waals surface area contributed by atoms with E-state index >= 15 is 0 Å². The Balaban J connectivity index is 2.02. The quantitative estimate of drug-likeness (QED) is 0.423. The van der Waals surface area contributed by atoms with Gasteiger partial charge in [0.25, 0.3) is 0 Å². The first-order valence-electron chi connectivity index (χ1n) is 7.98. The van der Waals surface area contributed by atoms with Crippen molar-refractivity contribution in [3.8, 4) is 9.75 Å². The maximum absolute atomic E-state index is 3.93. The van der Waals surface area contributed by atoms with Crippen LogP contribution in [-0.2, 0) is 12.8 Å². The SMILES string of the molecule is CCCC(CC)C(Br)Cc1ccc(-c2cc(CC)cs2)s1. The zero-order chi connectivity index (χ0) is 15.2. The highest BCUT2D eigenvalue weighted by Gasteiger charge is 2.18. The van der Waals surface area contributed by atoms with Gasteiger partial charge in [0.05, 0.1) is 0 Å². The van der Waals surface area contributed by atoms with Crippen LogP contribution in [0.25, 0.3) is 9.75 Å². The lowest BCUT2D eigenvalue weighted by Crippen LogP contribution is -2.15. The molecule has 0 saturated carbocycles. The molecule has 2 rings (SSSR count). The molecule has 2 unspecified atom stereocenters. The maximum Gasteiger partial charge on any atom is 0.0445 e. The van der Waals surface area contributed by atoms with Gasteiger partial charge >= 0.3 is 0 Å². The molecular formula is C18H25BrS2. The van der Waals surface area contributed by atoms with Crippen molar-refractivity contribution in [2.75, 3.05) is 0 Å². The zero-order valence-corrected chi connectivity index (χ0v) is 16.4. The monoisotopic (exact) mass is 384 g/mol. The fraction of sp³-hybridized carbons (Fsp3) is 0.556. The first-order chi connectivity index (χ1) is 10.2. The van der Waals surface area contributed by atoms with Crippen molar-refractivity contribution in [1.29, 1.82) is 0 Å². The maximum atomic E-state index is 3.93. The van der Waals surface area contributed by atoms with E-state index in [9.17, 15) is 0 Å². The second-order valence-electron chi connectivity index (χ2n) is 5.62. The van der Waals surface area contributed by atoms with Crippen LogP contribution >= 0.6 is 38.6 Å². The number of thiophene rings is 2. The highest BCUT2D eigenvalue weighted by Crippen LogP contribution is 2.35. The largest absolute Gasteiger partial charge is 0.143 e. The summed E-state index contributed by atoms with van der Waals surface area (Å²) < 4.78 is 0. The fourth-order valence-electron chi connectivity index (χ4n) is 2.68. The summed E-state index contributed by atoms with van der Waals surface area (Å²) in [6.07, 6.45) is 6.18. The van der Waals surface area contributed by atoms with Crippen LogP contribution in [0.4, 0.5) is 0 Å². The molecule has 2 aromatic rings. The van der Waals surface area contributed by atoms with Gasteiger partial charge in [0.15, 0.2) is 0 Å². The molecule has 116 valence electrons. The third-order valence-electron chi connectivity index (χ3n) is 4.06. The van der Waals surface area contributed by atoms with Crippen LogP contribution in [-0.4, -0.2) is 4.83 Å². The van der Waals surface area contributed by atoms with E-state index in [1.165, 1.54) is 39.5 Å². The highest BCUT2D eigenvalue weighted by atomic mass is 79.9. The Morgan fingerprint density at radius 2 is 1.95 bits per heavy atom. The summed E-state index contributed by atoms with van der Waals surface area (Å²) in [5.41, 5.74) is 1.46. The Labute approximate surface area is 145 Å². The summed E-state index contributed by atoms with van der Waals surface area (Å²) in [6, 6.07) is 6.96. The van der Waals surface area contributed by atoms with Crippen molar-refractivity contribution in [3.05, 3.63) is 34.0 Å². The van der Waals surface area contributed by atoms with Crippen molar-refractivity contribution in [2.45, 2.75) is 57.7 Å². The molecule has 0 saturated heterocycles. The van der Waals surface area contributed by atoms with Crippen molar-refractivity contribution < 1.29 is 0 Å². The summed E-state index contributed by atoms with van der Waals surface area (Å²) in [4.78, 5) is 4.98. The van der Waals surface area contributed by atoms with Crippen LogP contribution in [0.2, 0.25) is 0 Å². The molecule has 0 nitrogen and oxygen atoms in total. The molecule has 2 aromatic heterocycles. The Morgan fingerprint density at radius 3 is 2.57 bits per heavy atom. The van der Waals surface area contributed by atoms with Gasteiger partial charge < -0.3 is 0 Å². The number of alkyl halides is 1. The minimum atomic E-state index is 0.614. The van der Waals surface area contributed by atoms with Crippen molar-refractivity contribution >= 4 is 38.6 Å². The van der Waals surface area contributed by atoms with Crippen LogP contribution in [0.5, 0.6) is 0 Å². The van der Waals surface area contributed by atoms with Gasteiger partial charge in [-0.2, -0.15) is 0 Å². The molecule has 0 fully saturated rings. The molecule has 0 N–H and O–H groups in total. The first kappa shape index (κ1) is 17.2. The Morgan fingerprint density at radius 1 is 1.14 bits per heavy atom. The lowest BCUT2D eigenvalue weighted by atomic mass is 9.95. The summed E-state index contributed by atoms with van der Waals surface area (Å²) in [6.45, 7) is 6.82. The Hall–Kier alpha value is -0.120. The lowest BCUT2D eigenvalue weighted by molar-refractivity contribution is 0.450. The summed E-state index contributed by atoms with van der Waals surface area (Å²) in [5, 5.41) is 2.29. The third-order valence-corrected chi connectivity index (χ3v) is 7.41. The summed E-state index contributed by atoms with van der Waals surface area (Å²) >= 11 is 7.77. The third kappa shape index (κ3) is 4.67. The molecule has 0 aliphatic heterocycles.